The van der Waals surface area contributed by atoms with Crippen molar-refractivity contribution >= 4 is 171 Å². The molecule has 2 aliphatic heterocycles. The van der Waals surface area contributed by atoms with Gasteiger partial charge in [0.1, 0.15) is 0 Å². The number of aryl methyl sites for hydroxylation is 1. The molecule has 0 fully saturated rings. The molecule has 6 heterocycles. The third-order valence-electron chi connectivity index (χ3n) is 13.0. The smallest absolute Gasteiger partial charge is 0.135 e. The third-order valence-corrected chi connectivity index (χ3v) is 17.7. The highest BCUT2D eigenvalue weighted by atomic mass is 32.1. The van der Waals surface area contributed by atoms with Gasteiger partial charge in [0.05, 0.1) is 0 Å². The van der Waals surface area contributed by atoms with Crippen molar-refractivity contribution in [1.82, 2.24) is 0 Å². The molecule has 0 aliphatic carbocycles. The molecule has 5 heteroatoms. The highest BCUT2D eigenvalue weighted by Crippen LogP contribution is 2.53. The lowest BCUT2D eigenvalue weighted by molar-refractivity contribution is 1.48. The molecular weight excluding hydrogens is 752 g/mol. The first-order chi connectivity index (χ1) is 27.7. The van der Waals surface area contributed by atoms with Crippen LogP contribution in [-0.4, -0.2) is 6.71 Å². The molecule has 0 unspecified atom stereocenters. The fraction of sp³-hybridized carbons (Fsp3) is 0.0196. The first-order valence-corrected chi connectivity index (χ1v) is 22.5. The molecule has 9 aromatic carbocycles. The van der Waals surface area contributed by atoms with Gasteiger partial charge >= 0.3 is 0 Å². The van der Waals surface area contributed by atoms with Crippen molar-refractivity contribution in [3.05, 3.63) is 139 Å². The Balaban J connectivity index is 1.25. The van der Waals surface area contributed by atoms with Gasteiger partial charge in [-0.05, 0) is 81.9 Å². The normalized spacial score (nSPS) is 13.4. The summed E-state index contributed by atoms with van der Waals surface area (Å²) in [5, 5.41) is 16.8. The molecule has 0 amide bonds. The lowest BCUT2D eigenvalue weighted by Crippen LogP contribution is -2.57. The molecule has 0 atom stereocenters. The summed E-state index contributed by atoms with van der Waals surface area (Å²) in [4.78, 5) is 0. The summed E-state index contributed by atoms with van der Waals surface area (Å²) in [5.74, 6) is 0. The third kappa shape index (κ3) is 3.42. The van der Waals surface area contributed by atoms with Crippen molar-refractivity contribution in [2.24, 2.45) is 0 Å². The van der Waals surface area contributed by atoms with Crippen molar-refractivity contribution in [2.45, 2.75) is 6.92 Å². The van der Waals surface area contributed by atoms with Crippen LogP contribution in [0.1, 0.15) is 5.56 Å². The van der Waals surface area contributed by atoms with E-state index in [2.05, 4.69) is 140 Å². The monoisotopic (exact) mass is 776 g/mol. The van der Waals surface area contributed by atoms with Gasteiger partial charge in [0.2, 0.25) is 6.71 Å². The van der Waals surface area contributed by atoms with Gasteiger partial charge in [-0.3, -0.25) is 0 Å². The van der Waals surface area contributed by atoms with Gasteiger partial charge in [-0.15, -0.1) is 45.3 Å². The Morgan fingerprint density at radius 1 is 0.357 bits per heavy atom. The van der Waals surface area contributed by atoms with E-state index >= 15 is 0 Å². The largest absolute Gasteiger partial charge is 0.244 e. The molecule has 4 aromatic heterocycles. The van der Waals surface area contributed by atoms with E-state index in [1.165, 1.54) is 146 Å². The second-order valence-electron chi connectivity index (χ2n) is 15.9. The van der Waals surface area contributed by atoms with Gasteiger partial charge in [-0.25, -0.2) is 0 Å². The Kier molecular flexibility index (Phi) is 5.33. The van der Waals surface area contributed by atoms with Crippen molar-refractivity contribution in [1.29, 1.82) is 0 Å². The maximum absolute atomic E-state index is 2.63. The van der Waals surface area contributed by atoms with Crippen LogP contribution in [0.2, 0.25) is 0 Å². The standard InChI is InChI=1S/C51H25BS4/c1-24-18-31-47-43-33(22-41-45(47)27-12-4-8-16-39(27)53-41)50-29(25-10-2-6-14-37(25)55-50)20-35(43)52-36-21-30-26-11-3-7-15-38(26)56-51(30)34-23-42-46(28-13-5-9-17-40(28)54-42)48(44(34)36)32(19-24)49(31)52/h2-23H,1H3. The van der Waals surface area contributed by atoms with Crippen LogP contribution in [0.3, 0.4) is 0 Å². The summed E-state index contributed by atoms with van der Waals surface area (Å²) in [6.45, 7) is 2.43. The van der Waals surface area contributed by atoms with E-state index in [0.29, 0.717) is 0 Å². The average Bonchev–Trinajstić information content (AvgIpc) is 3.99. The molecule has 0 saturated heterocycles. The molecule has 0 nitrogen and oxygen atoms in total. The molecule has 0 bridgehead atoms. The van der Waals surface area contributed by atoms with Gasteiger partial charge in [-0.1, -0.05) is 113 Å². The summed E-state index contributed by atoms with van der Waals surface area (Å²) in [6, 6.07) is 51.8. The fourth-order valence-corrected chi connectivity index (χ4v) is 15.7. The van der Waals surface area contributed by atoms with Gasteiger partial charge in [0, 0.05) is 91.5 Å². The highest BCUT2D eigenvalue weighted by molar-refractivity contribution is 7.28. The van der Waals surface area contributed by atoms with E-state index in [-0.39, 0.29) is 6.71 Å². The minimum atomic E-state index is 0.0985. The van der Waals surface area contributed by atoms with Gasteiger partial charge in [0.25, 0.3) is 0 Å². The molecule has 256 valence electrons. The van der Waals surface area contributed by atoms with E-state index in [4.69, 9.17) is 0 Å². The van der Waals surface area contributed by atoms with Crippen molar-refractivity contribution in [2.75, 3.05) is 0 Å². The Labute approximate surface area is 336 Å². The first kappa shape index (κ1) is 29.7. The quantitative estimate of drug-likeness (QED) is 0.135. The number of fused-ring (bicyclic) bond motifs is 20. The molecule has 15 rings (SSSR count). The molecule has 13 aromatic rings. The van der Waals surface area contributed by atoms with Crippen molar-refractivity contribution in [3.63, 3.8) is 0 Å². The summed E-state index contributed by atoms with van der Waals surface area (Å²) in [5.41, 5.74) is 11.4. The van der Waals surface area contributed by atoms with Crippen LogP contribution >= 0.6 is 45.3 Å². The van der Waals surface area contributed by atoms with Crippen LogP contribution in [-0.2, 0) is 0 Å². The van der Waals surface area contributed by atoms with Crippen LogP contribution in [0.4, 0.5) is 0 Å². The van der Waals surface area contributed by atoms with Crippen molar-refractivity contribution < 1.29 is 0 Å². The maximum Gasteiger partial charge on any atom is 0.244 e. The Morgan fingerprint density at radius 2 is 0.768 bits per heavy atom. The molecule has 0 radical (unpaired) electrons. The summed E-state index contributed by atoms with van der Waals surface area (Å²) < 4.78 is 11.0. The van der Waals surface area contributed by atoms with E-state index in [1.54, 1.807) is 0 Å². The lowest BCUT2D eigenvalue weighted by atomic mass is 9.30. The van der Waals surface area contributed by atoms with E-state index in [1.807, 2.05) is 45.3 Å². The predicted molar refractivity (Wildman–Crippen MR) is 253 cm³/mol. The second kappa shape index (κ2) is 10.1. The van der Waals surface area contributed by atoms with E-state index in [0.717, 1.165) is 0 Å². The van der Waals surface area contributed by atoms with Gasteiger partial charge in [-0.2, -0.15) is 0 Å². The fourth-order valence-electron chi connectivity index (χ4n) is 11.0. The first-order valence-electron chi connectivity index (χ1n) is 19.3. The summed E-state index contributed by atoms with van der Waals surface area (Å²) >= 11 is 7.84. The average molecular weight is 777 g/mol. The Morgan fingerprint density at radius 3 is 1.23 bits per heavy atom. The minimum absolute atomic E-state index is 0.0985. The number of rotatable bonds is 0. The van der Waals surface area contributed by atoms with E-state index in [9.17, 15) is 0 Å². The van der Waals surface area contributed by atoms with Gasteiger partial charge < -0.3 is 0 Å². The molecule has 2 aliphatic rings. The highest BCUT2D eigenvalue weighted by Gasteiger charge is 2.42. The summed E-state index contributed by atoms with van der Waals surface area (Å²) in [7, 11) is 0. The molecule has 56 heavy (non-hydrogen) atoms. The van der Waals surface area contributed by atoms with Crippen LogP contribution in [0.25, 0.3) is 124 Å². The maximum atomic E-state index is 2.63. The van der Waals surface area contributed by atoms with Crippen LogP contribution in [0.15, 0.2) is 133 Å². The number of hydrogen-bond donors (Lipinski definition) is 0. The van der Waals surface area contributed by atoms with Crippen LogP contribution in [0.5, 0.6) is 0 Å². The van der Waals surface area contributed by atoms with Crippen molar-refractivity contribution in [3.8, 4) is 22.3 Å². The SMILES string of the molecule is Cc1cc2c3c(c1)-c1c4c(cc5c6ccccc6sc5c4cc4sc5ccccc5c14)B3c1cc3c4ccccc4sc3c3cc4sc5ccccc5c4c-2c13. The number of hydrogen-bond acceptors (Lipinski definition) is 4. The second-order valence-corrected chi connectivity index (χ2v) is 20.2. The topological polar surface area (TPSA) is 0 Å². The molecule has 0 N–H and O–H groups in total. The summed E-state index contributed by atoms with van der Waals surface area (Å²) in [6.07, 6.45) is 0. The van der Waals surface area contributed by atoms with Gasteiger partial charge in [0.15, 0.2) is 0 Å². The Bertz CT molecular complexity index is 3760. The zero-order valence-corrected chi connectivity index (χ0v) is 33.2. The van der Waals surface area contributed by atoms with Crippen LogP contribution in [0, 0.1) is 6.92 Å². The zero-order valence-electron chi connectivity index (χ0n) is 29.9. The molecule has 0 saturated carbocycles. The zero-order chi connectivity index (χ0) is 36.1. The Hall–Kier alpha value is -5.56. The molecular formula is C51H25BS4. The lowest BCUT2D eigenvalue weighted by Gasteiger charge is -2.35. The van der Waals surface area contributed by atoms with E-state index < -0.39 is 0 Å². The minimum Gasteiger partial charge on any atom is -0.135 e. The number of thiophene rings is 4. The van der Waals surface area contributed by atoms with Crippen LogP contribution < -0.4 is 16.4 Å². The molecule has 0 spiro atoms. The predicted octanol–water partition coefficient (Wildman–Crippen LogP) is 14.3. The number of benzene rings is 9.